The second-order valence-electron chi connectivity index (χ2n) is 6.13. The first-order chi connectivity index (χ1) is 13.0. The van der Waals surface area contributed by atoms with E-state index >= 15 is 0 Å². The van der Waals surface area contributed by atoms with Gasteiger partial charge in [-0.15, -0.1) is 0 Å². The van der Waals surface area contributed by atoms with Crippen LogP contribution in [0.25, 0.3) is 0 Å². The summed E-state index contributed by atoms with van der Waals surface area (Å²) in [6, 6.07) is 14.2. The molecule has 1 heterocycles. The van der Waals surface area contributed by atoms with Crippen LogP contribution in [0.15, 0.2) is 72.1 Å². The second-order valence-corrected chi connectivity index (χ2v) is 8.38. The molecule has 0 fully saturated rings. The average Bonchev–Trinajstić information content (AvgIpc) is 3.20. The van der Waals surface area contributed by atoms with Crippen LogP contribution in [0, 0.1) is 0 Å². The zero-order chi connectivity index (χ0) is 19.3. The Bertz CT molecular complexity index is 1010. The third-order valence-electron chi connectivity index (χ3n) is 4.25. The number of sulfone groups is 1. The van der Waals surface area contributed by atoms with Crippen LogP contribution in [0.1, 0.15) is 28.4 Å². The van der Waals surface area contributed by atoms with Crippen LogP contribution in [-0.4, -0.2) is 29.6 Å². The first kappa shape index (κ1) is 18.8. The highest BCUT2D eigenvalue weighted by molar-refractivity contribution is 7.91. The number of rotatable bonds is 7. The lowest BCUT2D eigenvalue weighted by molar-refractivity contribution is 0.0947. The van der Waals surface area contributed by atoms with Crippen molar-refractivity contribution in [1.82, 2.24) is 14.9 Å². The molecule has 0 unspecified atom stereocenters. The number of hydrogen-bond acceptors (Lipinski definition) is 4. The van der Waals surface area contributed by atoms with Crippen LogP contribution >= 0.6 is 0 Å². The maximum absolute atomic E-state index is 12.5. The van der Waals surface area contributed by atoms with E-state index in [1.165, 1.54) is 12.1 Å². The van der Waals surface area contributed by atoms with E-state index in [1.807, 2.05) is 35.0 Å². The van der Waals surface area contributed by atoms with Gasteiger partial charge in [0.05, 0.1) is 22.5 Å². The summed E-state index contributed by atoms with van der Waals surface area (Å²) in [5.74, 6) is -0.444. The number of benzene rings is 2. The highest BCUT2D eigenvalue weighted by atomic mass is 32.2. The normalized spacial score (nSPS) is 11.3. The van der Waals surface area contributed by atoms with Crippen LogP contribution in [0.3, 0.4) is 0 Å². The van der Waals surface area contributed by atoms with Crippen LogP contribution in [-0.2, 0) is 22.9 Å². The minimum absolute atomic E-state index is 0.0460. The minimum Gasteiger partial charge on any atom is -0.348 e. The third-order valence-corrected chi connectivity index (χ3v) is 6.03. The molecule has 0 radical (unpaired) electrons. The van der Waals surface area contributed by atoms with Crippen molar-refractivity contribution in [3.05, 3.63) is 83.9 Å². The van der Waals surface area contributed by atoms with Crippen molar-refractivity contribution in [2.24, 2.45) is 0 Å². The molecule has 0 aliphatic carbocycles. The Morgan fingerprint density at radius 2 is 1.78 bits per heavy atom. The lowest BCUT2D eigenvalue weighted by atomic mass is 10.1. The van der Waals surface area contributed by atoms with Gasteiger partial charge in [0, 0.05) is 25.5 Å². The van der Waals surface area contributed by atoms with Gasteiger partial charge in [-0.1, -0.05) is 43.3 Å². The second kappa shape index (κ2) is 8.18. The van der Waals surface area contributed by atoms with E-state index in [2.05, 4.69) is 10.3 Å². The van der Waals surface area contributed by atoms with Crippen LogP contribution in [0.2, 0.25) is 0 Å². The molecule has 0 bridgehead atoms. The Labute approximate surface area is 158 Å². The van der Waals surface area contributed by atoms with E-state index in [0.29, 0.717) is 6.54 Å². The maximum Gasteiger partial charge on any atom is 0.252 e. The fourth-order valence-corrected chi connectivity index (χ4v) is 3.80. The number of hydrogen-bond donors (Lipinski definition) is 1. The summed E-state index contributed by atoms with van der Waals surface area (Å²) in [6.07, 6.45) is 5.40. The van der Waals surface area contributed by atoms with Crippen molar-refractivity contribution in [1.29, 1.82) is 0 Å². The Morgan fingerprint density at radius 1 is 1.07 bits per heavy atom. The predicted octanol–water partition coefficient (Wildman–Crippen LogP) is 2.66. The van der Waals surface area contributed by atoms with Gasteiger partial charge in [-0.05, 0) is 23.3 Å². The van der Waals surface area contributed by atoms with Crippen LogP contribution in [0.5, 0.6) is 0 Å². The zero-order valence-corrected chi connectivity index (χ0v) is 15.8. The first-order valence-corrected chi connectivity index (χ1v) is 10.3. The van der Waals surface area contributed by atoms with E-state index in [4.69, 9.17) is 0 Å². The smallest absolute Gasteiger partial charge is 0.252 e. The van der Waals surface area contributed by atoms with Gasteiger partial charge in [0.25, 0.3) is 5.91 Å². The summed E-state index contributed by atoms with van der Waals surface area (Å²) in [6.45, 7) is 2.62. The molecule has 3 rings (SSSR count). The Hall–Kier alpha value is -2.93. The Balaban J connectivity index is 1.66. The molecular weight excluding hydrogens is 362 g/mol. The van der Waals surface area contributed by atoms with Gasteiger partial charge >= 0.3 is 0 Å². The molecule has 1 N–H and O–H groups in total. The molecule has 1 aromatic heterocycles. The van der Waals surface area contributed by atoms with Gasteiger partial charge < -0.3 is 9.88 Å². The molecule has 140 valence electrons. The van der Waals surface area contributed by atoms with Crippen molar-refractivity contribution in [2.75, 3.05) is 5.75 Å². The highest BCUT2D eigenvalue weighted by Gasteiger charge is 2.20. The topological polar surface area (TPSA) is 81.1 Å². The highest BCUT2D eigenvalue weighted by Crippen LogP contribution is 2.17. The third kappa shape index (κ3) is 4.62. The molecule has 3 aromatic rings. The molecule has 7 heteroatoms. The van der Waals surface area contributed by atoms with Gasteiger partial charge in [0.1, 0.15) is 0 Å². The van der Waals surface area contributed by atoms with Crippen LogP contribution < -0.4 is 5.32 Å². The largest absolute Gasteiger partial charge is 0.348 e. The summed E-state index contributed by atoms with van der Waals surface area (Å²) >= 11 is 0. The quantitative estimate of drug-likeness (QED) is 0.680. The Morgan fingerprint density at radius 3 is 2.44 bits per heavy atom. The summed E-state index contributed by atoms with van der Waals surface area (Å²) in [5, 5.41) is 2.80. The van der Waals surface area contributed by atoms with E-state index in [-0.39, 0.29) is 16.2 Å². The zero-order valence-electron chi connectivity index (χ0n) is 15.0. The van der Waals surface area contributed by atoms with Crippen molar-refractivity contribution in [3.63, 3.8) is 0 Å². The van der Waals surface area contributed by atoms with Gasteiger partial charge in [0.15, 0.2) is 9.84 Å². The van der Waals surface area contributed by atoms with E-state index in [9.17, 15) is 13.2 Å². The van der Waals surface area contributed by atoms with E-state index in [0.717, 1.165) is 17.7 Å². The van der Waals surface area contributed by atoms with Crippen molar-refractivity contribution >= 4 is 15.7 Å². The number of nitrogens with zero attached hydrogens (tertiary/aromatic N) is 2. The lowest BCUT2D eigenvalue weighted by Crippen LogP contribution is -2.25. The van der Waals surface area contributed by atoms with Crippen molar-refractivity contribution < 1.29 is 13.2 Å². The number of nitrogens with one attached hydrogen (secondary N) is 1. The molecule has 0 aliphatic heterocycles. The summed E-state index contributed by atoms with van der Waals surface area (Å²) in [5.41, 5.74) is 2.24. The fourth-order valence-electron chi connectivity index (χ4n) is 2.71. The van der Waals surface area contributed by atoms with Crippen molar-refractivity contribution in [3.8, 4) is 0 Å². The summed E-state index contributed by atoms with van der Waals surface area (Å²) in [4.78, 5) is 16.6. The minimum atomic E-state index is -3.46. The number of amides is 1. The molecule has 1 amide bonds. The van der Waals surface area contributed by atoms with Gasteiger partial charge in [-0.25, -0.2) is 13.4 Å². The monoisotopic (exact) mass is 383 g/mol. The maximum atomic E-state index is 12.5. The van der Waals surface area contributed by atoms with Gasteiger partial charge in [0.2, 0.25) is 0 Å². The molecule has 27 heavy (non-hydrogen) atoms. The molecule has 0 saturated carbocycles. The molecule has 6 nitrogen and oxygen atoms in total. The average molecular weight is 383 g/mol. The predicted molar refractivity (Wildman–Crippen MR) is 103 cm³/mol. The molecule has 2 aromatic carbocycles. The van der Waals surface area contributed by atoms with Crippen LogP contribution in [0.4, 0.5) is 0 Å². The number of imidazole rings is 1. The number of carbonyl (C=O) groups is 1. The van der Waals surface area contributed by atoms with E-state index < -0.39 is 15.7 Å². The first-order valence-electron chi connectivity index (χ1n) is 8.63. The van der Waals surface area contributed by atoms with Gasteiger partial charge in [-0.3, -0.25) is 4.79 Å². The van der Waals surface area contributed by atoms with Gasteiger partial charge in [-0.2, -0.15) is 0 Å². The molecule has 0 saturated heterocycles. The van der Waals surface area contributed by atoms with Crippen molar-refractivity contribution in [2.45, 2.75) is 24.9 Å². The number of carbonyl (C=O) groups excluding carboxylic acids is 1. The molecule has 0 spiro atoms. The lowest BCUT2D eigenvalue weighted by Gasteiger charge is -2.10. The number of aromatic nitrogens is 2. The summed E-state index contributed by atoms with van der Waals surface area (Å²) in [7, 11) is -3.46. The molecule has 0 atom stereocenters. The standard InChI is InChI=1S/C20H21N3O3S/c1-2-27(25,26)19-6-4-3-5-18(19)20(24)22-13-16-7-9-17(10-8-16)14-23-12-11-21-15-23/h3-12,15H,2,13-14H2,1H3,(H,22,24). The fraction of sp³-hybridized carbons (Fsp3) is 0.200. The molecular formula is C20H21N3O3S. The molecule has 0 aliphatic rings. The Kier molecular flexibility index (Phi) is 5.71. The summed E-state index contributed by atoms with van der Waals surface area (Å²) < 4.78 is 26.3. The van der Waals surface area contributed by atoms with E-state index in [1.54, 1.807) is 31.6 Å². The SMILES string of the molecule is CCS(=O)(=O)c1ccccc1C(=O)NCc1ccc(Cn2ccnc2)cc1.